The van der Waals surface area contributed by atoms with Gasteiger partial charge in [-0.25, -0.2) is 4.58 Å². The van der Waals surface area contributed by atoms with Crippen LogP contribution in [0.5, 0.6) is 0 Å². The summed E-state index contributed by atoms with van der Waals surface area (Å²) >= 11 is 0. The lowest BCUT2D eigenvalue weighted by molar-refractivity contribution is -0.254. The number of azide groups is 1. The summed E-state index contributed by atoms with van der Waals surface area (Å²) in [4.78, 5) is 26.9. The maximum Gasteiger partial charge on any atom is 0.216 e. The maximum atomic E-state index is 11.8. The number of carbonyl (C=O) groups excluding carboxylic acids is 2. The van der Waals surface area contributed by atoms with Gasteiger partial charge in [-0.05, 0) is 29.3 Å². The molecule has 1 aliphatic heterocycles. The fourth-order valence-corrected chi connectivity index (χ4v) is 4.58. The molecule has 0 aromatic heterocycles. The van der Waals surface area contributed by atoms with Gasteiger partial charge in [0.1, 0.15) is 25.4 Å². The number of ether oxygens (including phenoxy) is 3. The summed E-state index contributed by atoms with van der Waals surface area (Å²) in [6.07, 6.45) is 0. The number of amides is 1. The van der Waals surface area contributed by atoms with Gasteiger partial charge in [-0.2, -0.15) is 0 Å². The van der Waals surface area contributed by atoms with Gasteiger partial charge in [-0.3, -0.25) is 4.79 Å². The predicted molar refractivity (Wildman–Crippen MR) is 179 cm³/mol. The number of carboxylic acid groups (broad SMARTS) is 1. The first-order chi connectivity index (χ1) is 22.6. The topological polar surface area (TPSA) is 165 Å². The van der Waals surface area contributed by atoms with Crippen molar-refractivity contribution in [2.45, 2.75) is 6.92 Å². The molecule has 0 unspecified atom stereocenters. The van der Waals surface area contributed by atoms with Gasteiger partial charge in [0.25, 0.3) is 0 Å². The Morgan fingerprint density at radius 1 is 0.936 bits per heavy atom. The number of hydrogen-bond donors (Lipinski definition) is 1. The molecule has 13 nitrogen and oxygen atoms in total. The van der Waals surface area contributed by atoms with Gasteiger partial charge in [0.05, 0.1) is 51.7 Å². The Morgan fingerprint density at radius 3 is 2.26 bits per heavy atom. The zero-order valence-electron chi connectivity index (χ0n) is 27.5. The molecule has 1 N–H and O–H groups in total. The normalized spacial score (nSPS) is 10.6. The molecule has 1 aliphatic carbocycles. The Labute approximate surface area is 273 Å². The molecule has 1 heterocycles. The minimum absolute atomic E-state index is 0.0623. The minimum Gasteiger partial charge on any atom is -0.545 e. The van der Waals surface area contributed by atoms with Crippen molar-refractivity contribution in [3.63, 3.8) is 0 Å². The third-order valence-electron chi connectivity index (χ3n) is 6.90. The number of carbonyl (C=O) groups is 2. The van der Waals surface area contributed by atoms with Gasteiger partial charge >= 0.3 is 0 Å². The second-order valence-corrected chi connectivity index (χ2v) is 10.7. The molecule has 0 atom stereocenters. The number of rotatable bonds is 15. The van der Waals surface area contributed by atoms with Gasteiger partial charge in [0, 0.05) is 78.9 Å². The van der Waals surface area contributed by atoms with E-state index in [4.69, 9.17) is 24.2 Å². The molecule has 13 heteroatoms. The predicted octanol–water partition coefficient (Wildman–Crippen LogP) is 3.15. The minimum atomic E-state index is -1.20. The van der Waals surface area contributed by atoms with E-state index in [-0.39, 0.29) is 11.5 Å². The van der Waals surface area contributed by atoms with Crippen molar-refractivity contribution in [3.8, 4) is 22.5 Å². The summed E-state index contributed by atoms with van der Waals surface area (Å²) in [7, 11) is 7.88. The Balaban J connectivity index is 0.000000290. The molecule has 1 amide bonds. The van der Waals surface area contributed by atoms with Crippen molar-refractivity contribution in [2.24, 2.45) is 5.11 Å². The average molecular weight is 647 g/mol. The summed E-state index contributed by atoms with van der Waals surface area (Å²) in [6, 6.07) is 18.9. The van der Waals surface area contributed by atoms with Crippen molar-refractivity contribution < 1.29 is 33.3 Å². The smallest absolute Gasteiger partial charge is 0.216 e. The van der Waals surface area contributed by atoms with Gasteiger partial charge < -0.3 is 38.7 Å². The molecule has 0 saturated heterocycles. The highest BCUT2D eigenvalue weighted by molar-refractivity contribution is 6.07. The summed E-state index contributed by atoms with van der Waals surface area (Å²) in [5, 5.41) is 19.6. The molecule has 2 aliphatic rings. The van der Waals surface area contributed by atoms with E-state index in [9.17, 15) is 14.7 Å². The molecule has 250 valence electrons. The number of aromatic carboxylic acids is 1. The Morgan fingerprint density at radius 2 is 1.62 bits per heavy atom. The van der Waals surface area contributed by atoms with Crippen LogP contribution in [0.25, 0.3) is 43.9 Å². The van der Waals surface area contributed by atoms with Crippen LogP contribution in [0.15, 0.2) is 70.2 Å². The highest BCUT2D eigenvalue weighted by Gasteiger charge is 2.20. The third kappa shape index (κ3) is 11.1. The molecule has 2 aromatic rings. The lowest BCUT2D eigenvalue weighted by Gasteiger charge is -2.19. The van der Waals surface area contributed by atoms with Crippen molar-refractivity contribution in [2.75, 3.05) is 85.8 Å². The number of nitrogens with one attached hydrogen (secondary N) is 1. The number of hydrogen-bond acceptors (Lipinski definition) is 9. The number of fused-ring (bicyclic) bond motifs is 2. The average Bonchev–Trinajstić information content (AvgIpc) is 3.05. The van der Waals surface area contributed by atoms with Crippen LogP contribution in [-0.4, -0.2) is 92.8 Å². The van der Waals surface area contributed by atoms with Crippen LogP contribution >= 0.6 is 0 Å². The van der Waals surface area contributed by atoms with E-state index in [1.807, 2.05) is 86.2 Å². The zero-order chi connectivity index (χ0) is 34.2. The molecule has 0 bridgehead atoms. The second kappa shape index (κ2) is 18.9. The van der Waals surface area contributed by atoms with Gasteiger partial charge in [-0.15, -0.1) is 0 Å². The largest absolute Gasteiger partial charge is 0.545 e. The molecule has 4 rings (SSSR count). The number of nitrogens with zero attached hydrogens (tertiary/aromatic N) is 5. The molecule has 0 spiro atoms. The molecule has 47 heavy (non-hydrogen) atoms. The van der Waals surface area contributed by atoms with E-state index >= 15 is 0 Å². The Bertz CT molecular complexity index is 1710. The third-order valence-corrected chi connectivity index (χ3v) is 6.90. The summed E-state index contributed by atoms with van der Waals surface area (Å²) in [5.74, 6) is -0.562. The quantitative estimate of drug-likeness (QED) is 0.0514. The standard InChI is InChI=1S/C24H22N2O3.C10H20N4O4/c1-25(2)15-9-11-19-21(13-15)29-22-14-16(26(3)4)10-12-20(22)23(19)17-7-5-6-8-18(17)24(27)28;1-10(15)12-2-4-16-6-8-18-9-7-17-5-3-13-14-11/h5-14H,1-4H3;2-9H2,1H3,(H,12,15). The van der Waals surface area contributed by atoms with E-state index in [1.165, 1.54) is 6.92 Å². The SMILES string of the molecule is CC(=O)NCCOCCOCCOCCN=[N+]=[N-].CN(C)c1ccc2c(-c3ccccc3C(=O)[O-])c3ccc(=[N+](C)C)cc-3oc2c1. The summed E-state index contributed by atoms with van der Waals surface area (Å²) in [5.41, 5.74) is 12.2. The van der Waals surface area contributed by atoms with Gasteiger partial charge in [-0.1, -0.05) is 29.4 Å². The highest BCUT2D eigenvalue weighted by Crippen LogP contribution is 2.41. The van der Waals surface area contributed by atoms with Gasteiger partial charge in [0.2, 0.25) is 11.3 Å². The summed E-state index contributed by atoms with van der Waals surface area (Å²) < 4.78 is 23.8. The lowest BCUT2D eigenvalue weighted by Crippen LogP contribution is -2.25. The number of carboxylic acids is 1. The molecule has 2 aromatic carbocycles. The molecule has 0 saturated carbocycles. The molecular formula is C34H42N6O7. The van der Waals surface area contributed by atoms with Crippen LogP contribution in [0.3, 0.4) is 0 Å². The van der Waals surface area contributed by atoms with E-state index in [2.05, 4.69) is 15.3 Å². The van der Waals surface area contributed by atoms with Crippen molar-refractivity contribution in [1.29, 1.82) is 0 Å². The second-order valence-electron chi connectivity index (χ2n) is 10.7. The van der Waals surface area contributed by atoms with Crippen LogP contribution in [0.1, 0.15) is 17.3 Å². The van der Waals surface area contributed by atoms with Crippen LogP contribution in [0, 0.1) is 0 Å². The highest BCUT2D eigenvalue weighted by atomic mass is 16.5. The zero-order valence-corrected chi connectivity index (χ0v) is 27.5. The fraction of sp³-hybridized carbons (Fsp3) is 0.382. The number of anilines is 1. The van der Waals surface area contributed by atoms with Gasteiger partial charge in [0.15, 0.2) is 0 Å². The lowest BCUT2D eigenvalue weighted by atomic mass is 9.90. The van der Waals surface area contributed by atoms with Crippen molar-refractivity contribution in [1.82, 2.24) is 9.89 Å². The maximum absolute atomic E-state index is 11.8. The van der Waals surface area contributed by atoms with Crippen LogP contribution in [0.4, 0.5) is 5.69 Å². The van der Waals surface area contributed by atoms with Crippen LogP contribution in [-0.2, 0) is 19.0 Å². The van der Waals surface area contributed by atoms with Crippen LogP contribution < -0.4 is 25.3 Å². The van der Waals surface area contributed by atoms with E-state index in [0.717, 1.165) is 27.6 Å². The first-order valence-corrected chi connectivity index (χ1v) is 15.1. The monoisotopic (exact) mass is 646 g/mol. The van der Waals surface area contributed by atoms with Crippen molar-refractivity contribution >= 4 is 28.5 Å². The first kappa shape index (κ1) is 36.5. The fourth-order valence-electron chi connectivity index (χ4n) is 4.58. The summed E-state index contributed by atoms with van der Waals surface area (Å²) in [6.45, 7) is 5.11. The van der Waals surface area contributed by atoms with E-state index in [1.54, 1.807) is 12.1 Å². The van der Waals surface area contributed by atoms with Crippen LogP contribution in [0.2, 0.25) is 0 Å². The molecule has 0 fully saturated rings. The molecule has 0 radical (unpaired) electrons. The molecular weight excluding hydrogens is 604 g/mol. The first-order valence-electron chi connectivity index (χ1n) is 15.1. The van der Waals surface area contributed by atoms with Crippen molar-refractivity contribution in [3.05, 3.63) is 82.0 Å². The Hall–Kier alpha value is -4.94. The van der Waals surface area contributed by atoms with E-state index in [0.29, 0.717) is 69.6 Å². The van der Waals surface area contributed by atoms with E-state index < -0.39 is 5.97 Å². The Kier molecular flexibility index (Phi) is 14.7. The number of benzene rings is 3.